The minimum absolute atomic E-state index is 0.0329. The molecule has 18 heavy (non-hydrogen) atoms. The van der Waals surface area contributed by atoms with E-state index in [1.165, 1.54) is 24.8 Å². The van der Waals surface area contributed by atoms with E-state index < -0.39 is 0 Å². The summed E-state index contributed by atoms with van der Waals surface area (Å²) in [6, 6.07) is 8.18. The number of benzene rings is 1. The van der Waals surface area contributed by atoms with Gasteiger partial charge in [-0.2, -0.15) is 0 Å². The predicted octanol–water partition coefficient (Wildman–Crippen LogP) is 3.66. The number of fused-ring (bicyclic) bond motifs is 1. The number of ketones is 1. The summed E-state index contributed by atoms with van der Waals surface area (Å²) in [5, 5.41) is 3.34. The Kier molecular flexibility index (Phi) is 3.18. The highest BCUT2D eigenvalue weighted by Gasteiger charge is 2.29. The van der Waals surface area contributed by atoms with Crippen LogP contribution in [0.1, 0.15) is 43.6 Å². The van der Waals surface area contributed by atoms with Crippen LogP contribution in [0.4, 0.5) is 5.69 Å². The van der Waals surface area contributed by atoms with Gasteiger partial charge in [-0.3, -0.25) is 4.79 Å². The summed E-state index contributed by atoms with van der Waals surface area (Å²) in [4.78, 5) is 12.6. The molecule has 1 atom stereocenters. The van der Waals surface area contributed by atoms with E-state index in [2.05, 4.69) is 23.5 Å². The number of nitrogens with one attached hydrogen (secondary N) is 1. The van der Waals surface area contributed by atoms with Gasteiger partial charge in [-0.25, -0.2) is 0 Å². The molecule has 2 aliphatic rings. The molecule has 3 rings (SSSR count). The van der Waals surface area contributed by atoms with Crippen LogP contribution in [0, 0.1) is 0 Å². The summed E-state index contributed by atoms with van der Waals surface area (Å²) in [7, 11) is 0. The molecular formula is C16H19NO. The maximum absolute atomic E-state index is 12.6. The van der Waals surface area contributed by atoms with Gasteiger partial charge in [-0.1, -0.05) is 30.7 Å². The topological polar surface area (TPSA) is 29.1 Å². The SMILES string of the molecule is O=C(C1=CCCCCC1)C1CNc2ccccc21. The zero-order valence-corrected chi connectivity index (χ0v) is 10.6. The molecule has 0 amide bonds. The van der Waals surface area contributed by atoms with Crippen molar-refractivity contribution < 1.29 is 4.79 Å². The fraction of sp³-hybridized carbons (Fsp3) is 0.438. The van der Waals surface area contributed by atoms with Gasteiger partial charge < -0.3 is 5.32 Å². The Morgan fingerprint density at radius 2 is 2.06 bits per heavy atom. The largest absolute Gasteiger partial charge is 0.384 e. The molecule has 94 valence electrons. The van der Waals surface area contributed by atoms with Gasteiger partial charge in [-0.15, -0.1) is 0 Å². The van der Waals surface area contributed by atoms with Crippen molar-refractivity contribution in [1.29, 1.82) is 0 Å². The van der Waals surface area contributed by atoms with E-state index >= 15 is 0 Å². The van der Waals surface area contributed by atoms with Crippen molar-refractivity contribution in [2.75, 3.05) is 11.9 Å². The van der Waals surface area contributed by atoms with Crippen LogP contribution in [-0.4, -0.2) is 12.3 Å². The lowest BCUT2D eigenvalue weighted by atomic mass is 9.90. The third-order valence-corrected chi connectivity index (χ3v) is 4.01. The van der Waals surface area contributed by atoms with Crippen LogP contribution >= 0.6 is 0 Å². The van der Waals surface area contributed by atoms with Crippen molar-refractivity contribution in [2.45, 2.75) is 38.0 Å². The Labute approximate surface area is 108 Å². The number of allylic oxidation sites excluding steroid dienone is 2. The second-order valence-corrected chi connectivity index (χ2v) is 5.21. The summed E-state index contributed by atoms with van der Waals surface area (Å²) in [5.74, 6) is 0.375. The average molecular weight is 241 g/mol. The number of Topliss-reactive ketones (excluding diaryl/α,β-unsaturated/α-hetero) is 1. The second-order valence-electron chi connectivity index (χ2n) is 5.21. The molecule has 0 bridgehead atoms. The van der Waals surface area contributed by atoms with Gasteiger partial charge in [-0.05, 0) is 42.9 Å². The molecule has 1 N–H and O–H groups in total. The van der Waals surface area contributed by atoms with Gasteiger partial charge >= 0.3 is 0 Å². The quantitative estimate of drug-likeness (QED) is 0.856. The average Bonchev–Trinajstić information content (AvgIpc) is 2.65. The van der Waals surface area contributed by atoms with Crippen LogP contribution in [0.5, 0.6) is 0 Å². The first-order valence-electron chi connectivity index (χ1n) is 6.92. The first-order chi connectivity index (χ1) is 8.86. The minimum Gasteiger partial charge on any atom is -0.384 e. The molecule has 1 aliphatic carbocycles. The van der Waals surface area contributed by atoms with Gasteiger partial charge in [0.1, 0.15) is 0 Å². The number of rotatable bonds is 2. The Bertz CT molecular complexity index is 490. The Balaban J connectivity index is 1.84. The van der Waals surface area contributed by atoms with E-state index in [-0.39, 0.29) is 5.92 Å². The molecule has 1 unspecified atom stereocenters. The lowest BCUT2D eigenvalue weighted by Gasteiger charge is -2.11. The molecule has 2 heteroatoms. The molecule has 0 spiro atoms. The number of carbonyl (C=O) groups is 1. The van der Waals surface area contributed by atoms with Crippen molar-refractivity contribution in [3.05, 3.63) is 41.5 Å². The smallest absolute Gasteiger partial charge is 0.167 e. The van der Waals surface area contributed by atoms with E-state index in [0.717, 1.165) is 30.6 Å². The first kappa shape index (κ1) is 11.5. The lowest BCUT2D eigenvalue weighted by molar-refractivity contribution is -0.116. The van der Waals surface area contributed by atoms with Gasteiger partial charge in [0, 0.05) is 12.2 Å². The molecule has 0 saturated carbocycles. The van der Waals surface area contributed by atoms with Crippen molar-refractivity contribution >= 4 is 11.5 Å². The first-order valence-corrected chi connectivity index (χ1v) is 6.92. The summed E-state index contributed by atoms with van der Waals surface area (Å²) >= 11 is 0. The highest BCUT2D eigenvalue weighted by atomic mass is 16.1. The Morgan fingerprint density at radius 1 is 1.17 bits per heavy atom. The predicted molar refractivity (Wildman–Crippen MR) is 73.8 cm³/mol. The number of hydrogen-bond acceptors (Lipinski definition) is 2. The van der Waals surface area contributed by atoms with E-state index in [9.17, 15) is 4.79 Å². The van der Waals surface area contributed by atoms with Crippen LogP contribution in [0.25, 0.3) is 0 Å². The zero-order valence-electron chi connectivity index (χ0n) is 10.6. The fourth-order valence-electron chi connectivity index (χ4n) is 2.98. The van der Waals surface area contributed by atoms with E-state index in [1.807, 2.05) is 12.1 Å². The monoisotopic (exact) mass is 241 g/mol. The van der Waals surface area contributed by atoms with E-state index in [0.29, 0.717) is 5.78 Å². The molecule has 0 fully saturated rings. The maximum Gasteiger partial charge on any atom is 0.167 e. The normalized spacial score (nSPS) is 22.7. The number of carbonyl (C=O) groups excluding carboxylic acids is 1. The van der Waals surface area contributed by atoms with Crippen molar-refractivity contribution in [3.8, 4) is 0 Å². The van der Waals surface area contributed by atoms with Crippen LogP contribution in [0.2, 0.25) is 0 Å². The summed E-state index contributed by atoms with van der Waals surface area (Å²) < 4.78 is 0. The Morgan fingerprint density at radius 3 is 3.00 bits per heavy atom. The molecule has 2 nitrogen and oxygen atoms in total. The van der Waals surface area contributed by atoms with Crippen molar-refractivity contribution in [2.24, 2.45) is 0 Å². The van der Waals surface area contributed by atoms with Crippen molar-refractivity contribution in [3.63, 3.8) is 0 Å². The Hall–Kier alpha value is -1.57. The lowest BCUT2D eigenvalue weighted by Crippen LogP contribution is -2.16. The van der Waals surface area contributed by atoms with Gasteiger partial charge in [0.25, 0.3) is 0 Å². The molecule has 1 aromatic carbocycles. The number of hydrogen-bond donors (Lipinski definition) is 1. The molecular weight excluding hydrogens is 222 g/mol. The molecule has 1 aromatic rings. The third-order valence-electron chi connectivity index (χ3n) is 4.01. The molecule has 0 saturated heterocycles. The zero-order chi connectivity index (χ0) is 12.4. The highest BCUT2D eigenvalue weighted by Crippen LogP contribution is 2.34. The highest BCUT2D eigenvalue weighted by molar-refractivity contribution is 6.02. The summed E-state index contributed by atoms with van der Waals surface area (Å²) in [6.45, 7) is 0.759. The standard InChI is InChI=1S/C16H19NO/c18-16(12-7-3-1-2-4-8-12)14-11-17-15-10-6-5-9-13(14)15/h5-7,9-10,14,17H,1-4,8,11H2. The van der Waals surface area contributed by atoms with E-state index in [4.69, 9.17) is 0 Å². The number of anilines is 1. The van der Waals surface area contributed by atoms with Gasteiger partial charge in [0.15, 0.2) is 5.78 Å². The molecule has 0 aromatic heterocycles. The van der Waals surface area contributed by atoms with Crippen LogP contribution in [0.15, 0.2) is 35.9 Å². The number of para-hydroxylation sites is 1. The summed E-state index contributed by atoms with van der Waals surface area (Å²) in [6.07, 6.45) is 7.87. The molecule has 1 aliphatic heterocycles. The maximum atomic E-state index is 12.6. The second kappa shape index (κ2) is 4.97. The molecule has 0 radical (unpaired) electrons. The third kappa shape index (κ3) is 2.07. The van der Waals surface area contributed by atoms with Crippen LogP contribution in [-0.2, 0) is 4.79 Å². The summed E-state index contributed by atoms with van der Waals surface area (Å²) in [5.41, 5.74) is 3.37. The molecule has 1 heterocycles. The van der Waals surface area contributed by atoms with Crippen molar-refractivity contribution in [1.82, 2.24) is 0 Å². The van der Waals surface area contributed by atoms with Gasteiger partial charge in [0.2, 0.25) is 0 Å². The minimum atomic E-state index is 0.0329. The van der Waals surface area contributed by atoms with E-state index in [1.54, 1.807) is 0 Å². The van der Waals surface area contributed by atoms with Gasteiger partial charge in [0.05, 0.1) is 5.92 Å². The fourth-order valence-corrected chi connectivity index (χ4v) is 2.98. The van der Waals surface area contributed by atoms with Crippen LogP contribution < -0.4 is 5.32 Å². The van der Waals surface area contributed by atoms with Crippen LogP contribution in [0.3, 0.4) is 0 Å².